The summed E-state index contributed by atoms with van der Waals surface area (Å²) >= 11 is 0. The summed E-state index contributed by atoms with van der Waals surface area (Å²) in [6.45, 7) is 3.87. The van der Waals surface area contributed by atoms with E-state index in [1.54, 1.807) is 6.07 Å². The van der Waals surface area contributed by atoms with Gasteiger partial charge in [-0.1, -0.05) is 19.8 Å². The lowest BCUT2D eigenvalue weighted by atomic mass is 10.1. The molecule has 1 rings (SSSR count). The summed E-state index contributed by atoms with van der Waals surface area (Å²) in [5, 5.41) is 2.76. The second kappa shape index (κ2) is 5.26. The third-order valence-corrected chi connectivity index (χ3v) is 2.23. The second-order valence-corrected chi connectivity index (χ2v) is 3.21. The molecular weight excluding hydrogens is 190 g/mol. The van der Waals surface area contributed by atoms with Crippen LogP contribution >= 0.6 is 0 Å². The average molecular weight is 205 g/mol. The predicted molar refractivity (Wildman–Crippen MR) is 58.5 cm³/mol. The minimum absolute atomic E-state index is 0.162. The summed E-state index contributed by atoms with van der Waals surface area (Å²) in [6, 6.07) is 1.45. The lowest BCUT2D eigenvalue weighted by Gasteiger charge is -2.09. The third kappa shape index (κ3) is 2.63. The molecule has 3 nitrogen and oxygen atoms in total. The summed E-state index contributed by atoms with van der Waals surface area (Å²) in [5.41, 5.74) is 0.575. The maximum atomic E-state index is 11.7. The number of carbonyl (C=O) groups excluding carboxylic acids is 1. The Morgan fingerprint density at radius 1 is 1.67 bits per heavy atom. The van der Waals surface area contributed by atoms with Crippen LogP contribution in [-0.4, -0.2) is 11.9 Å². The van der Waals surface area contributed by atoms with Crippen molar-refractivity contribution >= 4 is 5.91 Å². The minimum Gasteiger partial charge on any atom is -0.469 e. The molecule has 1 aromatic rings. The molecule has 15 heavy (non-hydrogen) atoms. The van der Waals surface area contributed by atoms with Gasteiger partial charge in [0.1, 0.15) is 5.76 Å². The maximum Gasteiger partial charge on any atom is 0.255 e. The maximum absolute atomic E-state index is 11.7. The fraction of sp³-hybridized carbons (Fsp3) is 0.417. The molecule has 1 aromatic heterocycles. The molecule has 0 aliphatic heterocycles. The first-order valence-electron chi connectivity index (χ1n) is 5.06. The molecule has 0 aromatic carbocycles. The molecule has 0 spiro atoms. The molecule has 0 saturated heterocycles. The standard InChI is InChI=1S/C12H15NO2/c1-4-9(5-2)13-12(14)10-7-8-15-11(10)6-3/h1,7-9H,5-6H2,2-3H3,(H,13,14). The second-order valence-electron chi connectivity index (χ2n) is 3.21. The van der Waals surface area contributed by atoms with Crippen molar-refractivity contribution in [3.05, 3.63) is 23.7 Å². The van der Waals surface area contributed by atoms with Gasteiger partial charge in [0.15, 0.2) is 0 Å². The van der Waals surface area contributed by atoms with Crippen LogP contribution in [0.2, 0.25) is 0 Å². The van der Waals surface area contributed by atoms with Gasteiger partial charge in [-0.15, -0.1) is 6.42 Å². The van der Waals surface area contributed by atoms with Crippen LogP contribution in [0.4, 0.5) is 0 Å². The van der Waals surface area contributed by atoms with Crippen molar-refractivity contribution < 1.29 is 9.21 Å². The van der Waals surface area contributed by atoms with E-state index in [1.165, 1.54) is 6.26 Å². The molecule has 80 valence electrons. The first-order chi connectivity index (χ1) is 7.22. The van der Waals surface area contributed by atoms with E-state index in [9.17, 15) is 4.79 Å². The number of hydrogen-bond acceptors (Lipinski definition) is 2. The van der Waals surface area contributed by atoms with E-state index in [-0.39, 0.29) is 11.9 Å². The minimum atomic E-state index is -0.211. The zero-order valence-corrected chi connectivity index (χ0v) is 9.04. The van der Waals surface area contributed by atoms with Crippen molar-refractivity contribution in [2.45, 2.75) is 32.7 Å². The van der Waals surface area contributed by atoms with Crippen LogP contribution in [0.5, 0.6) is 0 Å². The fourth-order valence-electron chi connectivity index (χ4n) is 1.31. The van der Waals surface area contributed by atoms with Gasteiger partial charge in [0, 0.05) is 6.42 Å². The molecule has 0 radical (unpaired) electrons. The molecule has 1 N–H and O–H groups in total. The predicted octanol–water partition coefficient (Wildman–Crippen LogP) is 1.98. The summed E-state index contributed by atoms with van der Waals surface area (Å²) in [7, 11) is 0. The monoisotopic (exact) mass is 205 g/mol. The molecule has 1 amide bonds. The van der Waals surface area contributed by atoms with Crippen LogP contribution < -0.4 is 5.32 Å². The number of nitrogens with one attached hydrogen (secondary N) is 1. The molecule has 0 saturated carbocycles. The molecule has 3 heteroatoms. The largest absolute Gasteiger partial charge is 0.469 e. The zero-order valence-electron chi connectivity index (χ0n) is 9.04. The highest BCUT2D eigenvalue weighted by molar-refractivity contribution is 5.95. The Balaban J connectivity index is 2.73. The topological polar surface area (TPSA) is 42.2 Å². The van der Waals surface area contributed by atoms with Gasteiger partial charge in [-0.25, -0.2) is 0 Å². The number of hydrogen-bond donors (Lipinski definition) is 1. The highest BCUT2D eigenvalue weighted by Crippen LogP contribution is 2.11. The van der Waals surface area contributed by atoms with Gasteiger partial charge in [0.25, 0.3) is 5.91 Å². The van der Waals surface area contributed by atoms with Gasteiger partial charge in [-0.05, 0) is 12.5 Å². The third-order valence-electron chi connectivity index (χ3n) is 2.23. The molecule has 0 bridgehead atoms. The normalized spacial score (nSPS) is 11.8. The van der Waals surface area contributed by atoms with Crippen LogP contribution in [-0.2, 0) is 6.42 Å². The van der Waals surface area contributed by atoms with Gasteiger partial charge in [0.2, 0.25) is 0 Å². The summed E-state index contributed by atoms with van der Waals surface area (Å²) in [6.07, 6.45) is 8.21. The number of terminal acetylenes is 1. The van der Waals surface area contributed by atoms with Gasteiger partial charge >= 0.3 is 0 Å². The Bertz CT molecular complexity index is 373. The first kappa shape index (κ1) is 11.4. The van der Waals surface area contributed by atoms with E-state index >= 15 is 0 Å². The van der Waals surface area contributed by atoms with E-state index in [2.05, 4.69) is 11.2 Å². The smallest absolute Gasteiger partial charge is 0.255 e. The van der Waals surface area contributed by atoms with Crippen LogP contribution in [0.15, 0.2) is 16.7 Å². The summed E-state index contributed by atoms with van der Waals surface area (Å²) < 4.78 is 5.17. The van der Waals surface area contributed by atoms with Crippen molar-refractivity contribution in [2.75, 3.05) is 0 Å². The van der Waals surface area contributed by atoms with Crippen molar-refractivity contribution in [2.24, 2.45) is 0 Å². The number of aryl methyl sites for hydroxylation is 1. The van der Waals surface area contributed by atoms with Crippen LogP contribution in [0, 0.1) is 12.3 Å². The van der Waals surface area contributed by atoms with E-state index in [0.717, 1.165) is 6.42 Å². The van der Waals surface area contributed by atoms with E-state index in [1.807, 2.05) is 13.8 Å². The molecule has 0 fully saturated rings. The summed E-state index contributed by atoms with van der Waals surface area (Å²) in [5.74, 6) is 3.05. The highest BCUT2D eigenvalue weighted by atomic mass is 16.3. The summed E-state index contributed by atoms with van der Waals surface area (Å²) in [4.78, 5) is 11.7. The van der Waals surface area contributed by atoms with Crippen molar-refractivity contribution in [3.63, 3.8) is 0 Å². The van der Waals surface area contributed by atoms with Crippen LogP contribution in [0.3, 0.4) is 0 Å². The number of carbonyl (C=O) groups is 1. The number of rotatable bonds is 4. The molecule has 1 atom stereocenters. The fourth-order valence-corrected chi connectivity index (χ4v) is 1.31. The van der Waals surface area contributed by atoms with Crippen LogP contribution in [0.25, 0.3) is 0 Å². The molecule has 0 aliphatic rings. The Hall–Kier alpha value is -1.69. The van der Waals surface area contributed by atoms with Crippen LogP contribution in [0.1, 0.15) is 36.4 Å². The van der Waals surface area contributed by atoms with E-state index < -0.39 is 0 Å². The zero-order chi connectivity index (χ0) is 11.3. The van der Waals surface area contributed by atoms with Gasteiger partial charge in [-0.2, -0.15) is 0 Å². The number of amides is 1. The molecule has 0 aliphatic carbocycles. The molecule has 1 heterocycles. The van der Waals surface area contributed by atoms with E-state index in [0.29, 0.717) is 17.7 Å². The SMILES string of the molecule is C#CC(CC)NC(=O)c1ccoc1CC. The van der Waals surface area contributed by atoms with Crippen molar-refractivity contribution in [3.8, 4) is 12.3 Å². The van der Waals surface area contributed by atoms with Gasteiger partial charge in [0.05, 0.1) is 17.9 Å². The lowest BCUT2D eigenvalue weighted by molar-refractivity contribution is 0.0943. The lowest BCUT2D eigenvalue weighted by Crippen LogP contribution is -2.33. The Labute approximate surface area is 89.9 Å². The first-order valence-corrected chi connectivity index (χ1v) is 5.06. The number of furan rings is 1. The Kier molecular flexibility index (Phi) is 3.99. The Morgan fingerprint density at radius 3 is 2.93 bits per heavy atom. The Morgan fingerprint density at radius 2 is 2.40 bits per heavy atom. The van der Waals surface area contributed by atoms with Crippen molar-refractivity contribution in [1.29, 1.82) is 0 Å². The van der Waals surface area contributed by atoms with E-state index in [4.69, 9.17) is 10.8 Å². The quantitative estimate of drug-likeness (QED) is 0.764. The van der Waals surface area contributed by atoms with Gasteiger partial charge in [-0.3, -0.25) is 4.79 Å². The highest BCUT2D eigenvalue weighted by Gasteiger charge is 2.15. The molecular formula is C12H15NO2. The average Bonchev–Trinajstić information content (AvgIpc) is 2.73. The molecule has 1 unspecified atom stereocenters. The van der Waals surface area contributed by atoms with Crippen molar-refractivity contribution in [1.82, 2.24) is 5.32 Å². The van der Waals surface area contributed by atoms with Gasteiger partial charge < -0.3 is 9.73 Å².